The molecule has 0 aromatic heterocycles. The van der Waals surface area contributed by atoms with Gasteiger partial charge in [-0.05, 0) is 48.9 Å². The van der Waals surface area contributed by atoms with Crippen molar-refractivity contribution in [1.82, 2.24) is 15.5 Å². The van der Waals surface area contributed by atoms with E-state index in [1.54, 1.807) is 0 Å². The first-order chi connectivity index (χ1) is 15.2. The molecule has 2 aliphatic heterocycles. The maximum Gasteiger partial charge on any atom is 0.239 e. The molecule has 1 amide bonds. The summed E-state index contributed by atoms with van der Waals surface area (Å²) in [5.41, 5.74) is 3.70. The number of anilines is 1. The lowest BCUT2D eigenvalue weighted by molar-refractivity contribution is -0.120. The number of nitrogens with zero attached hydrogens (tertiary/aromatic N) is 3. The summed E-state index contributed by atoms with van der Waals surface area (Å²) in [5, 5.41) is 6.34. The maximum absolute atomic E-state index is 11.6. The molecule has 4 rings (SSSR count). The van der Waals surface area contributed by atoms with Crippen LogP contribution < -0.4 is 15.5 Å². The van der Waals surface area contributed by atoms with Gasteiger partial charge in [-0.1, -0.05) is 42.5 Å². The minimum absolute atomic E-state index is 0.0892. The van der Waals surface area contributed by atoms with Crippen LogP contribution in [0.3, 0.4) is 0 Å². The number of hydrogen-bond donors (Lipinski definition) is 2. The van der Waals surface area contributed by atoms with Crippen molar-refractivity contribution in [1.29, 1.82) is 0 Å². The summed E-state index contributed by atoms with van der Waals surface area (Å²) in [6.07, 6.45) is 2.34. The summed E-state index contributed by atoms with van der Waals surface area (Å²) in [6.45, 7) is 7.75. The normalized spacial score (nSPS) is 19.5. The Hall–Kier alpha value is -3.02. The molecule has 2 heterocycles. The van der Waals surface area contributed by atoms with Crippen LogP contribution in [0.5, 0.6) is 0 Å². The van der Waals surface area contributed by atoms with E-state index in [9.17, 15) is 4.79 Å². The van der Waals surface area contributed by atoms with Gasteiger partial charge in [0.15, 0.2) is 5.96 Å². The third kappa shape index (κ3) is 5.78. The first-order valence-corrected chi connectivity index (χ1v) is 11.4. The van der Waals surface area contributed by atoms with Gasteiger partial charge in [-0.3, -0.25) is 4.79 Å². The molecule has 0 radical (unpaired) electrons. The van der Waals surface area contributed by atoms with Crippen LogP contribution in [-0.4, -0.2) is 56.0 Å². The molecule has 2 N–H and O–H groups in total. The lowest BCUT2D eigenvalue weighted by Crippen LogP contribution is -2.47. The molecule has 0 bridgehead atoms. The van der Waals surface area contributed by atoms with Crippen LogP contribution in [0.4, 0.5) is 5.69 Å². The molecule has 0 saturated carbocycles. The van der Waals surface area contributed by atoms with E-state index >= 15 is 0 Å². The van der Waals surface area contributed by atoms with Gasteiger partial charge in [0.2, 0.25) is 5.91 Å². The Labute approximate surface area is 185 Å². The Morgan fingerprint density at radius 3 is 2.65 bits per heavy atom. The zero-order valence-electron chi connectivity index (χ0n) is 18.4. The van der Waals surface area contributed by atoms with E-state index in [0.717, 1.165) is 44.2 Å². The number of benzene rings is 2. The lowest BCUT2D eigenvalue weighted by Gasteiger charge is -2.28. The fraction of sp³-hybridized carbons (Fsp3) is 0.440. The van der Waals surface area contributed by atoms with Gasteiger partial charge in [-0.15, -0.1) is 0 Å². The monoisotopic (exact) mass is 419 g/mol. The van der Waals surface area contributed by atoms with Crippen LogP contribution in [0.15, 0.2) is 59.6 Å². The average molecular weight is 420 g/mol. The molecule has 2 aliphatic rings. The Morgan fingerprint density at radius 2 is 1.90 bits per heavy atom. The highest BCUT2D eigenvalue weighted by molar-refractivity contribution is 5.82. The quantitative estimate of drug-likeness (QED) is 0.558. The summed E-state index contributed by atoms with van der Waals surface area (Å²) in [4.78, 5) is 21.1. The summed E-state index contributed by atoms with van der Waals surface area (Å²) in [6, 6.07) is 19.2. The zero-order chi connectivity index (χ0) is 21.5. The van der Waals surface area contributed by atoms with Crippen LogP contribution in [0.25, 0.3) is 0 Å². The van der Waals surface area contributed by atoms with Gasteiger partial charge >= 0.3 is 0 Å². The van der Waals surface area contributed by atoms with Crippen molar-refractivity contribution in [2.45, 2.75) is 26.3 Å². The van der Waals surface area contributed by atoms with Gasteiger partial charge in [-0.2, -0.15) is 0 Å². The lowest BCUT2D eigenvalue weighted by atomic mass is 9.99. The second-order valence-electron chi connectivity index (χ2n) is 8.40. The molecule has 6 heteroatoms. The van der Waals surface area contributed by atoms with Crippen molar-refractivity contribution in [3.63, 3.8) is 0 Å². The summed E-state index contributed by atoms with van der Waals surface area (Å²) >= 11 is 0. The van der Waals surface area contributed by atoms with Crippen LogP contribution in [0, 0.1) is 5.92 Å². The van der Waals surface area contributed by atoms with E-state index in [1.165, 1.54) is 17.5 Å². The average Bonchev–Trinajstić information content (AvgIpc) is 3.26. The van der Waals surface area contributed by atoms with Crippen LogP contribution >= 0.6 is 0 Å². The van der Waals surface area contributed by atoms with Crippen molar-refractivity contribution in [3.8, 4) is 0 Å². The molecule has 1 atom stereocenters. The Morgan fingerprint density at radius 1 is 1.10 bits per heavy atom. The molecule has 6 nitrogen and oxygen atoms in total. The zero-order valence-corrected chi connectivity index (χ0v) is 18.4. The number of hydrogen-bond acceptors (Lipinski definition) is 3. The number of guanidine groups is 1. The number of carbonyl (C=O) groups is 1. The Bertz CT molecular complexity index is 881. The smallest absolute Gasteiger partial charge is 0.239 e. The molecule has 1 unspecified atom stereocenters. The molecule has 2 saturated heterocycles. The van der Waals surface area contributed by atoms with E-state index in [4.69, 9.17) is 4.99 Å². The molecule has 164 valence electrons. The number of nitrogens with one attached hydrogen (secondary N) is 2. The fourth-order valence-corrected chi connectivity index (χ4v) is 4.40. The predicted molar refractivity (Wildman–Crippen MR) is 126 cm³/mol. The van der Waals surface area contributed by atoms with Crippen molar-refractivity contribution in [2.24, 2.45) is 10.9 Å². The van der Waals surface area contributed by atoms with E-state index in [-0.39, 0.29) is 5.91 Å². The summed E-state index contributed by atoms with van der Waals surface area (Å²) in [7, 11) is 0. The number of amides is 1. The van der Waals surface area contributed by atoms with Gasteiger partial charge in [0, 0.05) is 38.4 Å². The minimum Gasteiger partial charge on any atom is -0.360 e. The molecule has 2 aromatic rings. The molecular weight excluding hydrogens is 386 g/mol. The number of likely N-dealkylation sites (tertiary alicyclic amines) is 1. The summed E-state index contributed by atoms with van der Waals surface area (Å²) in [5.74, 6) is 1.77. The van der Waals surface area contributed by atoms with Crippen LogP contribution in [0.1, 0.15) is 24.5 Å². The second-order valence-corrected chi connectivity index (χ2v) is 8.40. The van der Waals surface area contributed by atoms with Gasteiger partial charge in [0.1, 0.15) is 0 Å². The van der Waals surface area contributed by atoms with Crippen LogP contribution in [0.2, 0.25) is 0 Å². The third-order valence-electron chi connectivity index (χ3n) is 6.04. The highest BCUT2D eigenvalue weighted by Crippen LogP contribution is 2.21. The first kappa shape index (κ1) is 21.2. The Kier molecular flexibility index (Phi) is 7.07. The van der Waals surface area contributed by atoms with Crippen molar-refractivity contribution >= 4 is 17.6 Å². The van der Waals surface area contributed by atoms with Crippen molar-refractivity contribution in [2.75, 3.05) is 44.2 Å². The minimum atomic E-state index is 0.0892. The standard InChI is InChI=1S/C25H33N5O/c1-2-26-25(30-14-12-22(18-30)16-20-6-4-3-5-7-20)28-17-21-8-10-23(11-9-21)29-15-13-27-24(31)19-29/h3-11,22H,2,12-19H2,1H3,(H,26,28)(H,27,31). The van der Waals surface area contributed by atoms with Crippen LogP contribution in [-0.2, 0) is 17.8 Å². The largest absolute Gasteiger partial charge is 0.360 e. The topological polar surface area (TPSA) is 60.0 Å². The van der Waals surface area contributed by atoms with E-state index in [2.05, 4.69) is 82.0 Å². The van der Waals surface area contributed by atoms with E-state index in [1.807, 2.05) is 0 Å². The number of carbonyl (C=O) groups excluding carboxylic acids is 1. The van der Waals surface area contributed by atoms with Crippen molar-refractivity contribution < 1.29 is 4.79 Å². The van der Waals surface area contributed by atoms with Crippen molar-refractivity contribution in [3.05, 3.63) is 65.7 Å². The summed E-state index contributed by atoms with van der Waals surface area (Å²) < 4.78 is 0. The highest BCUT2D eigenvalue weighted by atomic mass is 16.2. The molecular formula is C25H33N5O. The Balaban J connectivity index is 1.35. The fourth-order valence-electron chi connectivity index (χ4n) is 4.40. The molecule has 31 heavy (non-hydrogen) atoms. The molecule has 2 fully saturated rings. The van der Waals surface area contributed by atoms with Gasteiger partial charge < -0.3 is 20.4 Å². The van der Waals surface area contributed by atoms with Gasteiger partial charge in [-0.25, -0.2) is 4.99 Å². The molecule has 0 aliphatic carbocycles. The molecule has 2 aromatic carbocycles. The highest BCUT2D eigenvalue weighted by Gasteiger charge is 2.25. The third-order valence-corrected chi connectivity index (χ3v) is 6.04. The predicted octanol–water partition coefficient (Wildman–Crippen LogP) is 2.65. The number of aliphatic imine (C=N–C) groups is 1. The van der Waals surface area contributed by atoms with E-state index in [0.29, 0.717) is 25.6 Å². The van der Waals surface area contributed by atoms with Gasteiger partial charge in [0.05, 0.1) is 13.1 Å². The second kappa shape index (κ2) is 10.3. The first-order valence-electron chi connectivity index (χ1n) is 11.4. The van der Waals surface area contributed by atoms with E-state index < -0.39 is 0 Å². The van der Waals surface area contributed by atoms with Gasteiger partial charge in [0.25, 0.3) is 0 Å². The number of piperazine rings is 1. The number of rotatable bonds is 6. The SMILES string of the molecule is CCNC(=NCc1ccc(N2CCNC(=O)C2)cc1)N1CCC(Cc2ccccc2)C1. The molecule has 0 spiro atoms. The maximum atomic E-state index is 11.6.